The maximum atomic E-state index is 12.2. The first-order chi connectivity index (χ1) is 11.7. The van der Waals surface area contributed by atoms with Crippen LogP contribution < -0.4 is 15.4 Å². The van der Waals surface area contributed by atoms with Crippen molar-refractivity contribution < 1.29 is 9.53 Å². The molecule has 0 saturated heterocycles. The molecule has 0 unspecified atom stereocenters. The summed E-state index contributed by atoms with van der Waals surface area (Å²) in [6.45, 7) is 4.78. The van der Waals surface area contributed by atoms with E-state index in [4.69, 9.17) is 4.74 Å². The lowest BCUT2D eigenvalue weighted by Crippen LogP contribution is -2.31. The lowest BCUT2D eigenvalue weighted by Gasteiger charge is -2.16. The maximum Gasteiger partial charge on any atom is 0.319 e. The fourth-order valence-electron chi connectivity index (χ4n) is 2.41. The molecule has 128 valence electrons. The van der Waals surface area contributed by atoms with E-state index in [1.807, 2.05) is 61.5 Å². The van der Waals surface area contributed by atoms with E-state index in [1.165, 1.54) is 0 Å². The van der Waals surface area contributed by atoms with Crippen molar-refractivity contribution in [1.29, 1.82) is 0 Å². The summed E-state index contributed by atoms with van der Waals surface area (Å²) in [4.78, 5) is 12.2. The molecule has 2 N–H and O–H groups in total. The van der Waals surface area contributed by atoms with E-state index in [1.54, 1.807) is 0 Å². The Morgan fingerprint density at radius 1 is 1.04 bits per heavy atom. The molecule has 4 heteroatoms. The van der Waals surface area contributed by atoms with Gasteiger partial charge in [0, 0.05) is 0 Å². The monoisotopic (exact) mass is 326 g/mol. The SMILES string of the molecule is CCCCCOc1ccccc1NC(=O)N[C@@H](C)c1ccccc1. The number of amides is 2. The van der Waals surface area contributed by atoms with Crippen LogP contribution in [0.5, 0.6) is 5.75 Å². The highest BCUT2D eigenvalue weighted by atomic mass is 16.5. The fraction of sp³-hybridized carbons (Fsp3) is 0.350. The molecule has 0 aliphatic rings. The Labute approximate surface area is 144 Å². The zero-order valence-electron chi connectivity index (χ0n) is 14.4. The first kappa shape index (κ1) is 17.9. The van der Waals surface area contributed by atoms with Gasteiger partial charge in [0.25, 0.3) is 0 Å². The quantitative estimate of drug-likeness (QED) is 0.660. The molecule has 0 heterocycles. The summed E-state index contributed by atoms with van der Waals surface area (Å²) in [6.07, 6.45) is 3.32. The van der Waals surface area contributed by atoms with E-state index in [0.717, 1.165) is 24.8 Å². The van der Waals surface area contributed by atoms with Gasteiger partial charge in [-0.15, -0.1) is 0 Å². The normalized spacial score (nSPS) is 11.6. The number of nitrogens with one attached hydrogen (secondary N) is 2. The van der Waals surface area contributed by atoms with Gasteiger partial charge >= 0.3 is 6.03 Å². The topological polar surface area (TPSA) is 50.4 Å². The maximum absolute atomic E-state index is 12.2. The lowest BCUT2D eigenvalue weighted by atomic mass is 10.1. The van der Waals surface area contributed by atoms with Crippen molar-refractivity contribution in [3.05, 3.63) is 60.2 Å². The van der Waals surface area contributed by atoms with Gasteiger partial charge in [0.15, 0.2) is 0 Å². The van der Waals surface area contributed by atoms with Crippen molar-refractivity contribution >= 4 is 11.7 Å². The van der Waals surface area contributed by atoms with Gasteiger partial charge in [0.1, 0.15) is 5.75 Å². The number of carbonyl (C=O) groups excluding carboxylic acids is 1. The third-order valence-corrected chi connectivity index (χ3v) is 3.79. The summed E-state index contributed by atoms with van der Waals surface area (Å²) in [5, 5.41) is 5.82. The Morgan fingerprint density at radius 3 is 2.50 bits per heavy atom. The number of urea groups is 1. The summed E-state index contributed by atoms with van der Waals surface area (Å²) in [5.74, 6) is 0.705. The van der Waals surface area contributed by atoms with Gasteiger partial charge in [-0.1, -0.05) is 62.2 Å². The van der Waals surface area contributed by atoms with Gasteiger partial charge < -0.3 is 15.4 Å². The van der Waals surface area contributed by atoms with Crippen LogP contribution in [-0.2, 0) is 0 Å². The average Bonchev–Trinajstić information content (AvgIpc) is 2.60. The van der Waals surface area contributed by atoms with E-state index in [0.29, 0.717) is 18.0 Å². The molecule has 24 heavy (non-hydrogen) atoms. The summed E-state index contributed by atoms with van der Waals surface area (Å²) >= 11 is 0. The summed E-state index contributed by atoms with van der Waals surface area (Å²) in [7, 11) is 0. The predicted molar refractivity (Wildman–Crippen MR) is 98.5 cm³/mol. The van der Waals surface area contributed by atoms with Gasteiger partial charge in [0.05, 0.1) is 18.3 Å². The van der Waals surface area contributed by atoms with Crippen LogP contribution in [0.25, 0.3) is 0 Å². The first-order valence-electron chi connectivity index (χ1n) is 8.55. The van der Waals surface area contributed by atoms with Crippen molar-refractivity contribution in [3.8, 4) is 5.75 Å². The highest BCUT2D eigenvalue weighted by Gasteiger charge is 2.11. The second-order valence-corrected chi connectivity index (χ2v) is 5.78. The number of carbonyl (C=O) groups is 1. The minimum Gasteiger partial charge on any atom is -0.491 e. The molecule has 2 amide bonds. The van der Waals surface area contributed by atoms with Gasteiger partial charge in [-0.3, -0.25) is 0 Å². The Balaban J connectivity index is 1.91. The zero-order chi connectivity index (χ0) is 17.2. The number of hydrogen-bond acceptors (Lipinski definition) is 2. The van der Waals surface area contributed by atoms with Gasteiger partial charge in [0.2, 0.25) is 0 Å². The standard InChI is InChI=1S/C20H26N2O2/c1-3-4-10-15-24-19-14-9-8-13-18(19)22-20(23)21-16(2)17-11-6-5-7-12-17/h5-9,11-14,16H,3-4,10,15H2,1-2H3,(H2,21,22,23)/t16-/m0/s1. The molecule has 4 nitrogen and oxygen atoms in total. The number of unbranched alkanes of at least 4 members (excludes halogenated alkanes) is 2. The molecule has 0 aliphatic heterocycles. The smallest absolute Gasteiger partial charge is 0.319 e. The Hall–Kier alpha value is -2.49. The average molecular weight is 326 g/mol. The Kier molecular flexibility index (Phi) is 7.15. The third-order valence-electron chi connectivity index (χ3n) is 3.79. The van der Waals surface area contributed by atoms with E-state index in [-0.39, 0.29) is 12.1 Å². The Bertz CT molecular complexity index is 629. The molecule has 1 atom stereocenters. The van der Waals surface area contributed by atoms with Crippen LogP contribution in [0.1, 0.15) is 44.7 Å². The largest absolute Gasteiger partial charge is 0.491 e. The van der Waals surface area contributed by atoms with Crippen molar-refractivity contribution in [2.45, 2.75) is 39.2 Å². The summed E-state index contributed by atoms with van der Waals surface area (Å²) in [5.41, 5.74) is 1.75. The van der Waals surface area contributed by atoms with Crippen LogP contribution in [0.3, 0.4) is 0 Å². The summed E-state index contributed by atoms with van der Waals surface area (Å²) in [6, 6.07) is 17.1. The van der Waals surface area contributed by atoms with Crippen LogP contribution in [0.4, 0.5) is 10.5 Å². The number of hydrogen-bond donors (Lipinski definition) is 2. The Morgan fingerprint density at radius 2 is 1.75 bits per heavy atom. The molecule has 0 radical (unpaired) electrons. The molecule has 0 saturated carbocycles. The van der Waals surface area contributed by atoms with E-state index in [9.17, 15) is 4.79 Å². The number of benzene rings is 2. The first-order valence-corrected chi connectivity index (χ1v) is 8.55. The van der Waals surface area contributed by atoms with Crippen LogP contribution in [0.2, 0.25) is 0 Å². The second-order valence-electron chi connectivity index (χ2n) is 5.78. The summed E-state index contributed by atoms with van der Waals surface area (Å²) < 4.78 is 5.79. The minimum atomic E-state index is -0.240. The molecule has 0 aliphatic carbocycles. The van der Waals surface area contributed by atoms with Gasteiger partial charge in [-0.25, -0.2) is 4.79 Å². The van der Waals surface area contributed by atoms with Crippen molar-refractivity contribution in [3.63, 3.8) is 0 Å². The minimum absolute atomic E-state index is 0.0659. The molecule has 0 fully saturated rings. The zero-order valence-corrected chi connectivity index (χ0v) is 14.4. The predicted octanol–water partition coefficient (Wildman–Crippen LogP) is 5.14. The lowest BCUT2D eigenvalue weighted by molar-refractivity contribution is 0.249. The molecule has 2 rings (SSSR count). The molecule has 0 aromatic heterocycles. The molecule has 2 aromatic carbocycles. The van der Waals surface area contributed by atoms with Crippen molar-refractivity contribution in [1.82, 2.24) is 5.32 Å². The fourth-order valence-corrected chi connectivity index (χ4v) is 2.41. The number of anilines is 1. The van der Waals surface area contributed by atoms with Crippen LogP contribution in [0.15, 0.2) is 54.6 Å². The molecule has 0 bridgehead atoms. The highest BCUT2D eigenvalue weighted by molar-refractivity contribution is 5.91. The number of rotatable bonds is 8. The molecular weight excluding hydrogens is 300 g/mol. The van der Waals surface area contributed by atoms with E-state index in [2.05, 4.69) is 17.6 Å². The van der Waals surface area contributed by atoms with Crippen molar-refractivity contribution in [2.24, 2.45) is 0 Å². The molecular formula is C20H26N2O2. The second kappa shape index (κ2) is 9.60. The van der Waals surface area contributed by atoms with Crippen LogP contribution in [0, 0.1) is 0 Å². The molecule has 0 spiro atoms. The van der Waals surface area contributed by atoms with E-state index >= 15 is 0 Å². The number of ether oxygens (including phenoxy) is 1. The number of para-hydroxylation sites is 2. The highest BCUT2D eigenvalue weighted by Crippen LogP contribution is 2.24. The third kappa shape index (κ3) is 5.61. The van der Waals surface area contributed by atoms with Gasteiger partial charge in [-0.05, 0) is 31.0 Å². The van der Waals surface area contributed by atoms with Gasteiger partial charge in [-0.2, -0.15) is 0 Å². The van der Waals surface area contributed by atoms with Crippen LogP contribution in [-0.4, -0.2) is 12.6 Å². The van der Waals surface area contributed by atoms with Crippen LogP contribution >= 0.6 is 0 Å². The van der Waals surface area contributed by atoms with Crippen molar-refractivity contribution in [2.75, 3.05) is 11.9 Å². The molecule has 2 aromatic rings. The van der Waals surface area contributed by atoms with E-state index < -0.39 is 0 Å².